The number of aryl methyl sites for hydroxylation is 1. The molecule has 0 heterocycles. The van der Waals surface area contributed by atoms with Crippen molar-refractivity contribution in [3.05, 3.63) is 82.9 Å². The first-order valence-electron chi connectivity index (χ1n) is 8.93. The Hall–Kier alpha value is -3.10. The minimum absolute atomic E-state index is 0.0186. The van der Waals surface area contributed by atoms with E-state index >= 15 is 0 Å². The number of esters is 1. The maximum Gasteiger partial charge on any atom is 0.416 e. The molecule has 0 saturated heterocycles. The van der Waals surface area contributed by atoms with Crippen LogP contribution in [-0.2, 0) is 28.3 Å². The van der Waals surface area contributed by atoms with Gasteiger partial charge in [0.25, 0.3) is 0 Å². The van der Waals surface area contributed by atoms with E-state index in [9.17, 15) is 31.1 Å². The Kier molecular flexibility index (Phi) is 6.98. The summed E-state index contributed by atoms with van der Waals surface area (Å²) in [5.41, 5.74) is -3.57. The number of ether oxygens (including phenoxy) is 1. The highest BCUT2D eigenvalue weighted by Crippen LogP contribution is 2.36. The molecule has 166 valence electrons. The molecule has 2 aromatic rings. The van der Waals surface area contributed by atoms with Gasteiger partial charge in [-0.25, -0.2) is 4.79 Å². The first-order valence-corrected chi connectivity index (χ1v) is 8.93. The number of carbonyl (C=O) groups excluding carboxylic acids is 1. The van der Waals surface area contributed by atoms with Gasteiger partial charge in [-0.15, -0.1) is 6.58 Å². The molecule has 0 N–H and O–H groups in total. The van der Waals surface area contributed by atoms with Crippen LogP contribution in [0.25, 0.3) is 0 Å². The summed E-state index contributed by atoms with van der Waals surface area (Å²) in [7, 11) is 1.09. The average molecular weight is 443 g/mol. The number of benzene rings is 2. The lowest BCUT2D eigenvalue weighted by molar-refractivity contribution is -0.145. The topological polar surface area (TPSA) is 38.7 Å². The predicted octanol–water partition coefficient (Wildman–Crippen LogP) is 5.79. The zero-order valence-electron chi connectivity index (χ0n) is 16.6. The molecule has 9 heteroatoms. The van der Waals surface area contributed by atoms with Gasteiger partial charge in [0.2, 0.25) is 0 Å². The van der Waals surface area contributed by atoms with Crippen LogP contribution in [0, 0.1) is 6.92 Å². The van der Waals surface area contributed by atoms with Crippen LogP contribution in [-0.4, -0.2) is 24.8 Å². The summed E-state index contributed by atoms with van der Waals surface area (Å²) in [5.74, 6) is -0.859. The molecule has 1 unspecified atom stereocenters. The van der Waals surface area contributed by atoms with E-state index in [2.05, 4.69) is 11.6 Å². The van der Waals surface area contributed by atoms with Crippen molar-refractivity contribution in [2.45, 2.75) is 31.2 Å². The molecule has 0 saturated carbocycles. The molecule has 0 aromatic heterocycles. The Balaban J connectivity index is 2.55. The molecule has 0 aliphatic carbocycles. The van der Waals surface area contributed by atoms with Gasteiger partial charge in [0.1, 0.15) is 0 Å². The number of halogens is 6. The van der Waals surface area contributed by atoms with Gasteiger partial charge in [-0.05, 0) is 36.2 Å². The van der Waals surface area contributed by atoms with E-state index in [1.165, 1.54) is 0 Å². The fourth-order valence-corrected chi connectivity index (χ4v) is 2.82. The minimum atomic E-state index is -5.00. The van der Waals surface area contributed by atoms with Crippen molar-refractivity contribution in [3.63, 3.8) is 0 Å². The molecule has 0 spiro atoms. The van der Waals surface area contributed by atoms with Crippen molar-refractivity contribution in [1.29, 1.82) is 0 Å². The number of aliphatic imine (C=N–C) groups is 1. The largest absolute Gasteiger partial charge is 0.467 e. The zero-order chi connectivity index (χ0) is 23.4. The molecule has 0 aliphatic rings. The highest BCUT2D eigenvalue weighted by Gasteiger charge is 2.38. The highest BCUT2D eigenvalue weighted by atomic mass is 19.4. The number of alkyl halides is 6. The predicted molar refractivity (Wildman–Crippen MR) is 104 cm³/mol. The van der Waals surface area contributed by atoms with Crippen LogP contribution in [0.2, 0.25) is 0 Å². The van der Waals surface area contributed by atoms with Gasteiger partial charge in [-0.3, -0.25) is 4.99 Å². The van der Waals surface area contributed by atoms with E-state index in [1.807, 2.05) is 6.92 Å². The summed E-state index contributed by atoms with van der Waals surface area (Å²) in [6.07, 6.45) is -8.11. The summed E-state index contributed by atoms with van der Waals surface area (Å²) >= 11 is 0. The third kappa shape index (κ3) is 5.96. The number of carbonyl (C=O) groups is 1. The van der Waals surface area contributed by atoms with Gasteiger partial charge in [-0.1, -0.05) is 35.9 Å². The smallest absolute Gasteiger partial charge is 0.416 e. The standard InChI is InChI=1S/C22H19F6NO2/c1-4-20(19(30)31-3,12-15-7-5-14(2)6-8-15)29-13-16-9-17(21(23,24)25)11-18(10-16)22(26,27)28/h4-11,13H,1,12H2,2-3H3. The molecule has 0 amide bonds. The average Bonchev–Trinajstić information content (AvgIpc) is 2.70. The van der Waals surface area contributed by atoms with Crippen LogP contribution in [0.3, 0.4) is 0 Å². The van der Waals surface area contributed by atoms with Crippen LogP contribution >= 0.6 is 0 Å². The number of hydrogen-bond acceptors (Lipinski definition) is 3. The van der Waals surface area contributed by atoms with Crippen LogP contribution in [0.4, 0.5) is 26.3 Å². The fourth-order valence-electron chi connectivity index (χ4n) is 2.82. The normalized spacial score (nSPS) is 14.3. The van der Waals surface area contributed by atoms with Crippen molar-refractivity contribution >= 4 is 12.2 Å². The fraction of sp³-hybridized carbons (Fsp3) is 0.273. The highest BCUT2D eigenvalue weighted by molar-refractivity contribution is 5.89. The van der Waals surface area contributed by atoms with Crippen LogP contribution in [0.1, 0.15) is 27.8 Å². The summed E-state index contributed by atoms with van der Waals surface area (Å²) in [5, 5.41) is 0. The van der Waals surface area contributed by atoms with E-state index in [-0.39, 0.29) is 12.5 Å². The second kappa shape index (κ2) is 8.95. The molecule has 2 aromatic carbocycles. The van der Waals surface area contributed by atoms with E-state index in [0.717, 1.165) is 25.0 Å². The lowest BCUT2D eigenvalue weighted by Gasteiger charge is -2.23. The molecular formula is C22H19F6NO2. The van der Waals surface area contributed by atoms with Gasteiger partial charge >= 0.3 is 18.3 Å². The zero-order valence-corrected chi connectivity index (χ0v) is 16.6. The Morgan fingerprint density at radius 2 is 1.52 bits per heavy atom. The summed E-state index contributed by atoms with van der Waals surface area (Å²) in [6, 6.07) is 8.07. The number of rotatable bonds is 6. The lowest BCUT2D eigenvalue weighted by Crippen LogP contribution is -2.38. The van der Waals surface area contributed by atoms with Gasteiger partial charge in [0.05, 0.1) is 18.2 Å². The molecular weight excluding hydrogens is 424 g/mol. The van der Waals surface area contributed by atoms with Crippen molar-refractivity contribution in [2.75, 3.05) is 7.11 Å². The third-order valence-corrected chi connectivity index (χ3v) is 4.52. The summed E-state index contributed by atoms with van der Waals surface area (Å²) in [6.45, 7) is 5.42. The summed E-state index contributed by atoms with van der Waals surface area (Å²) < 4.78 is 83.2. The Labute approximate surface area is 175 Å². The van der Waals surface area contributed by atoms with E-state index in [4.69, 9.17) is 4.74 Å². The van der Waals surface area contributed by atoms with Crippen LogP contribution in [0.5, 0.6) is 0 Å². The van der Waals surface area contributed by atoms with Gasteiger partial charge < -0.3 is 4.74 Å². The quantitative estimate of drug-likeness (QED) is 0.245. The van der Waals surface area contributed by atoms with Crippen molar-refractivity contribution in [1.82, 2.24) is 0 Å². The van der Waals surface area contributed by atoms with E-state index < -0.39 is 40.6 Å². The molecule has 0 aliphatic heterocycles. The van der Waals surface area contributed by atoms with Gasteiger partial charge in [0.15, 0.2) is 5.54 Å². The van der Waals surface area contributed by atoms with Gasteiger partial charge in [-0.2, -0.15) is 26.3 Å². The van der Waals surface area contributed by atoms with E-state index in [0.29, 0.717) is 17.7 Å². The SMILES string of the molecule is C=CC(Cc1ccc(C)cc1)(N=Cc1cc(C(F)(F)F)cc(C(F)(F)F)c1)C(=O)OC. The maximum atomic E-state index is 13.1. The molecule has 0 bridgehead atoms. The molecule has 3 nitrogen and oxygen atoms in total. The third-order valence-electron chi connectivity index (χ3n) is 4.52. The number of hydrogen-bond donors (Lipinski definition) is 0. The van der Waals surface area contributed by atoms with Gasteiger partial charge in [0, 0.05) is 12.6 Å². The first-order chi connectivity index (χ1) is 14.3. The second-order valence-corrected chi connectivity index (χ2v) is 6.88. The Bertz CT molecular complexity index is 945. The Morgan fingerprint density at radius 3 is 1.94 bits per heavy atom. The van der Waals surface area contributed by atoms with Crippen molar-refractivity contribution in [2.24, 2.45) is 4.99 Å². The summed E-state index contributed by atoms with van der Waals surface area (Å²) in [4.78, 5) is 16.5. The second-order valence-electron chi connectivity index (χ2n) is 6.88. The van der Waals surface area contributed by atoms with E-state index in [1.54, 1.807) is 24.3 Å². The van der Waals surface area contributed by atoms with Crippen molar-refractivity contribution in [3.8, 4) is 0 Å². The molecule has 0 fully saturated rings. The monoisotopic (exact) mass is 443 g/mol. The number of methoxy groups -OCH3 is 1. The molecule has 1 atom stereocenters. The Morgan fingerprint density at radius 1 is 1.00 bits per heavy atom. The van der Waals surface area contributed by atoms with Crippen molar-refractivity contribution < 1.29 is 35.9 Å². The minimum Gasteiger partial charge on any atom is -0.467 e. The lowest BCUT2D eigenvalue weighted by atomic mass is 9.91. The maximum absolute atomic E-state index is 13.1. The first kappa shape index (κ1) is 24.2. The number of nitrogens with zero attached hydrogens (tertiary/aromatic N) is 1. The van der Waals surface area contributed by atoms with Crippen LogP contribution < -0.4 is 0 Å². The molecule has 31 heavy (non-hydrogen) atoms. The molecule has 2 rings (SSSR count). The molecule has 0 radical (unpaired) electrons. The van der Waals surface area contributed by atoms with Crippen LogP contribution in [0.15, 0.2) is 60.1 Å².